The summed E-state index contributed by atoms with van der Waals surface area (Å²) in [4.78, 5) is 0. The third-order valence-electron chi connectivity index (χ3n) is 2.75. The Hall–Kier alpha value is -0.290. The van der Waals surface area contributed by atoms with Gasteiger partial charge in [0.05, 0.1) is 12.5 Å². The van der Waals surface area contributed by atoms with E-state index in [1.807, 2.05) is 0 Å². The van der Waals surface area contributed by atoms with Crippen LogP contribution < -0.4 is 5.32 Å². The molecule has 0 aromatic carbocycles. The lowest BCUT2D eigenvalue weighted by molar-refractivity contribution is -0.139. The van der Waals surface area contributed by atoms with E-state index < -0.39 is 18.6 Å². The molecule has 0 spiro atoms. The molecular formula is C10H18F3NO. The van der Waals surface area contributed by atoms with Crippen LogP contribution in [0.4, 0.5) is 13.2 Å². The highest BCUT2D eigenvalue weighted by atomic mass is 19.4. The molecule has 0 saturated heterocycles. The zero-order valence-corrected chi connectivity index (χ0v) is 8.85. The van der Waals surface area contributed by atoms with Crippen LogP contribution in [-0.4, -0.2) is 29.5 Å². The highest BCUT2D eigenvalue weighted by Gasteiger charge is 2.31. The van der Waals surface area contributed by atoms with Gasteiger partial charge in [0.1, 0.15) is 0 Å². The molecule has 0 heterocycles. The predicted octanol–water partition coefficient (Wildman–Crippen LogP) is 2.22. The molecule has 1 aliphatic rings. The fourth-order valence-corrected chi connectivity index (χ4v) is 2.05. The average Bonchev–Trinajstić information content (AvgIpc) is 2.05. The summed E-state index contributed by atoms with van der Waals surface area (Å²) in [6.45, 7) is 1.55. The summed E-state index contributed by atoms with van der Waals surface area (Å²) in [6.07, 6.45) is -2.23. The zero-order chi connectivity index (χ0) is 11.5. The first kappa shape index (κ1) is 12.8. The highest BCUT2D eigenvalue weighted by Crippen LogP contribution is 2.23. The molecule has 0 aliphatic heterocycles. The fourth-order valence-electron chi connectivity index (χ4n) is 2.05. The molecule has 0 radical (unpaired) electrons. The van der Waals surface area contributed by atoms with Gasteiger partial charge in [0.2, 0.25) is 0 Å². The summed E-state index contributed by atoms with van der Waals surface area (Å²) in [6, 6.07) is -0.406. The third kappa shape index (κ3) is 5.37. The van der Waals surface area contributed by atoms with Gasteiger partial charge >= 0.3 is 6.18 Å². The third-order valence-corrected chi connectivity index (χ3v) is 2.75. The Labute approximate surface area is 87.9 Å². The lowest BCUT2D eigenvalue weighted by Crippen LogP contribution is -2.41. The van der Waals surface area contributed by atoms with E-state index in [0.29, 0.717) is 12.8 Å². The first-order valence-electron chi connectivity index (χ1n) is 5.37. The Bertz CT molecular complexity index is 188. The first-order valence-corrected chi connectivity index (χ1v) is 5.37. The molecule has 15 heavy (non-hydrogen) atoms. The van der Waals surface area contributed by atoms with E-state index >= 15 is 0 Å². The maximum Gasteiger partial charge on any atom is 0.390 e. The number of halogens is 3. The molecule has 0 amide bonds. The maximum atomic E-state index is 12.0. The van der Waals surface area contributed by atoms with Crippen LogP contribution in [0.25, 0.3) is 0 Å². The lowest BCUT2D eigenvalue weighted by atomic mass is 9.92. The van der Waals surface area contributed by atoms with Gasteiger partial charge in [0.25, 0.3) is 0 Å². The normalized spacial score (nSPS) is 30.2. The number of nitrogens with one attached hydrogen (secondary N) is 1. The second kappa shape index (κ2) is 5.16. The lowest BCUT2D eigenvalue weighted by Gasteiger charge is -2.29. The van der Waals surface area contributed by atoms with Crippen LogP contribution in [0, 0.1) is 0 Å². The molecule has 2 N–H and O–H groups in total. The van der Waals surface area contributed by atoms with Gasteiger partial charge in [-0.1, -0.05) is 0 Å². The van der Waals surface area contributed by atoms with Gasteiger partial charge in [-0.15, -0.1) is 0 Å². The standard InChI is InChI=1S/C10H18F3NO/c1-7(6-10(11,12)13)14-8-2-4-9(15)5-3-8/h7-9,14-15H,2-6H2,1H3. The van der Waals surface area contributed by atoms with Crippen molar-refractivity contribution in [1.82, 2.24) is 5.32 Å². The van der Waals surface area contributed by atoms with Crippen LogP contribution in [0.2, 0.25) is 0 Å². The van der Waals surface area contributed by atoms with Gasteiger partial charge in [-0.2, -0.15) is 13.2 Å². The summed E-state index contributed by atoms with van der Waals surface area (Å²) in [5, 5.41) is 12.2. The molecule has 0 aromatic heterocycles. The zero-order valence-electron chi connectivity index (χ0n) is 8.85. The molecule has 0 bridgehead atoms. The van der Waals surface area contributed by atoms with Crippen molar-refractivity contribution in [2.75, 3.05) is 0 Å². The largest absolute Gasteiger partial charge is 0.393 e. The predicted molar refractivity (Wildman–Crippen MR) is 51.5 cm³/mol. The van der Waals surface area contributed by atoms with Crippen LogP contribution >= 0.6 is 0 Å². The monoisotopic (exact) mass is 225 g/mol. The van der Waals surface area contributed by atoms with Crippen LogP contribution in [0.1, 0.15) is 39.0 Å². The summed E-state index contributed by atoms with van der Waals surface area (Å²) in [7, 11) is 0. The maximum absolute atomic E-state index is 12.0. The summed E-state index contributed by atoms with van der Waals surface area (Å²) < 4.78 is 36.1. The van der Waals surface area contributed by atoms with Crippen molar-refractivity contribution in [3.05, 3.63) is 0 Å². The Kier molecular flexibility index (Phi) is 4.40. The van der Waals surface area contributed by atoms with Crippen LogP contribution in [0.3, 0.4) is 0 Å². The molecule has 5 heteroatoms. The van der Waals surface area contributed by atoms with Crippen LogP contribution in [-0.2, 0) is 0 Å². The summed E-state index contributed by atoms with van der Waals surface area (Å²) in [5.74, 6) is 0. The number of rotatable bonds is 3. The van der Waals surface area contributed by atoms with Crippen molar-refractivity contribution in [3.63, 3.8) is 0 Å². The van der Waals surface area contributed by atoms with E-state index in [-0.39, 0.29) is 12.1 Å². The Morgan fingerprint density at radius 2 is 1.80 bits per heavy atom. The van der Waals surface area contributed by atoms with E-state index in [9.17, 15) is 18.3 Å². The average molecular weight is 225 g/mol. The molecule has 1 fully saturated rings. The molecule has 1 aliphatic carbocycles. The van der Waals surface area contributed by atoms with Gasteiger partial charge in [-0.25, -0.2) is 0 Å². The number of alkyl halides is 3. The van der Waals surface area contributed by atoms with Crippen molar-refractivity contribution < 1.29 is 18.3 Å². The minimum atomic E-state index is -4.10. The van der Waals surface area contributed by atoms with Crippen molar-refractivity contribution in [2.24, 2.45) is 0 Å². The van der Waals surface area contributed by atoms with Gasteiger partial charge in [-0.05, 0) is 32.6 Å². The Morgan fingerprint density at radius 1 is 1.27 bits per heavy atom. The summed E-state index contributed by atoms with van der Waals surface area (Å²) >= 11 is 0. The van der Waals surface area contributed by atoms with Gasteiger partial charge in [-0.3, -0.25) is 0 Å². The molecule has 0 aromatic rings. The van der Waals surface area contributed by atoms with Gasteiger partial charge < -0.3 is 10.4 Å². The number of hydrogen-bond acceptors (Lipinski definition) is 2. The van der Waals surface area contributed by atoms with E-state index in [4.69, 9.17) is 0 Å². The van der Waals surface area contributed by atoms with E-state index in [0.717, 1.165) is 12.8 Å². The van der Waals surface area contributed by atoms with Crippen molar-refractivity contribution in [2.45, 2.75) is 63.4 Å². The number of hydrogen-bond donors (Lipinski definition) is 2. The smallest absolute Gasteiger partial charge is 0.390 e. The minimum Gasteiger partial charge on any atom is -0.393 e. The first-order chi connectivity index (χ1) is 6.87. The van der Waals surface area contributed by atoms with E-state index in [1.165, 1.54) is 0 Å². The minimum absolute atomic E-state index is 0.130. The van der Waals surface area contributed by atoms with E-state index in [2.05, 4.69) is 5.32 Å². The van der Waals surface area contributed by atoms with Crippen molar-refractivity contribution in [1.29, 1.82) is 0 Å². The van der Waals surface area contributed by atoms with Gasteiger partial charge in [0.15, 0.2) is 0 Å². The summed E-state index contributed by atoms with van der Waals surface area (Å²) in [5.41, 5.74) is 0. The molecule has 90 valence electrons. The topological polar surface area (TPSA) is 32.3 Å². The molecule has 1 unspecified atom stereocenters. The van der Waals surface area contributed by atoms with Gasteiger partial charge in [0, 0.05) is 12.1 Å². The molecule has 1 saturated carbocycles. The SMILES string of the molecule is CC(CC(F)(F)F)NC1CCC(O)CC1. The second-order valence-electron chi connectivity index (χ2n) is 4.39. The second-order valence-corrected chi connectivity index (χ2v) is 4.39. The molecule has 2 nitrogen and oxygen atoms in total. The molecular weight excluding hydrogens is 207 g/mol. The Balaban J connectivity index is 2.23. The molecule has 1 atom stereocenters. The quantitative estimate of drug-likeness (QED) is 0.772. The number of aliphatic hydroxyl groups is 1. The fraction of sp³-hybridized carbons (Fsp3) is 1.00. The van der Waals surface area contributed by atoms with E-state index in [1.54, 1.807) is 6.92 Å². The Morgan fingerprint density at radius 3 is 2.27 bits per heavy atom. The highest BCUT2D eigenvalue weighted by molar-refractivity contribution is 4.79. The van der Waals surface area contributed by atoms with Crippen molar-refractivity contribution in [3.8, 4) is 0 Å². The molecule has 1 rings (SSSR count). The van der Waals surface area contributed by atoms with Crippen LogP contribution in [0.15, 0.2) is 0 Å². The van der Waals surface area contributed by atoms with Crippen LogP contribution in [0.5, 0.6) is 0 Å². The van der Waals surface area contributed by atoms with Crippen molar-refractivity contribution >= 4 is 0 Å². The number of aliphatic hydroxyl groups excluding tert-OH is 1.